The van der Waals surface area contributed by atoms with Crippen LogP contribution in [-0.2, 0) is 29.1 Å². The van der Waals surface area contributed by atoms with Crippen molar-refractivity contribution >= 4 is 47.2 Å². The van der Waals surface area contributed by atoms with Gasteiger partial charge in [0.25, 0.3) is 0 Å². The maximum Gasteiger partial charge on any atom is 0.496 e. The molecule has 4 aliphatic rings. The number of carbonyl (C=O) groups is 2. The van der Waals surface area contributed by atoms with Crippen molar-refractivity contribution < 1.29 is 37.5 Å². The van der Waals surface area contributed by atoms with Crippen molar-refractivity contribution in [3.8, 4) is 11.1 Å². The number of ether oxygens (including phenoxy) is 3. The van der Waals surface area contributed by atoms with Gasteiger partial charge in [0.15, 0.2) is 0 Å². The number of piperidine rings is 1. The highest BCUT2D eigenvalue weighted by Gasteiger charge is 2.52. The van der Waals surface area contributed by atoms with Gasteiger partial charge >= 0.3 is 19.3 Å². The van der Waals surface area contributed by atoms with Crippen LogP contribution in [0.25, 0.3) is 22.2 Å². The normalized spacial score (nSPS) is 19.5. The van der Waals surface area contributed by atoms with E-state index in [2.05, 4.69) is 72.5 Å². The number of carbonyl (C=O) groups excluding carboxylic acids is 2. The van der Waals surface area contributed by atoms with Gasteiger partial charge in [0.2, 0.25) is 0 Å². The van der Waals surface area contributed by atoms with E-state index in [1.807, 2.05) is 61.1 Å². The largest absolute Gasteiger partial charge is 0.496 e. The van der Waals surface area contributed by atoms with Crippen molar-refractivity contribution in [3.63, 3.8) is 0 Å². The van der Waals surface area contributed by atoms with Gasteiger partial charge in [0.1, 0.15) is 5.82 Å². The Hall–Kier alpha value is -5.43. The number of halogens is 1. The van der Waals surface area contributed by atoms with Crippen molar-refractivity contribution in [2.45, 2.75) is 91.1 Å². The molecule has 18 heteroatoms. The SMILES string of the molecule is CCOC(=O)N1CCN(c2ccnn3cc(-c4ccc(C5(OC)CCN(C(C)C)CC5)cc4F)cc23)CC1.CCOC(=O)N1CCN(c2ccnn3cc(B4OC(C)(C)C(C)(C)O4)cc23)CC1. The molecule has 0 atom stereocenters. The molecule has 0 bridgehead atoms. The van der Waals surface area contributed by atoms with Gasteiger partial charge < -0.3 is 48.0 Å². The third-order valence-corrected chi connectivity index (χ3v) is 14.3. The van der Waals surface area contributed by atoms with Crippen LogP contribution in [-0.4, -0.2) is 156 Å². The van der Waals surface area contributed by atoms with Crippen LogP contribution >= 0.6 is 0 Å². The van der Waals surface area contributed by atoms with Crippen molar-refractivity contribution in [2.75, 3.05) is 95.6 Å². The van der Waals surface area contributed by atoms with Gasteiger partial charge in [-0.25, -0.2) is 23.0 Å². The van der Waals surface area contributed by atoms with Gasteiger partial charge in [-0.05, 0) is 104 Å². The molecule has 360 valence electrons. The molecule has 16 nitrogen and oxygen atoms in total. The minimum absolute atomic E-state index is 0.238. The van der Waals surface area contributed by atoms with Gasteiger partial charge in [-0.1, -0.05) is 12.1 Å². The van der Waals surface area contributed by atoms with E-state index in [-0.39, 0.29) is 29.2 Å². The third kappa shape index (κ3) is 9.81. The molecule has 5 aromatic rings. The number of anilines is 2. The van der Waals surface area contributed by atoms with Crippen LogP contribution in [0.15, 0.2) is 67.3 Å². The number of methoxy groups -OCH3 is 1. The van der Waals surface area contributed by atoms with E-state index in [1.54, 1.807) is 39.9 Å². The molecule has 0 N–H and O–H groups in total. The van der Waals surface area contributed by atoms with Crippen molar-refractivity contribution in [1.29, 1.82) is 0 Å². The Labute approximate surface area is 393 Å². The Balaban J connectivity index is 0.000000188. The molecule has 9 rings (SSSR count). The molecular formula is C49H67BFN9O7. The first-order valence-electron chi connectivity index (χ1n) is 23.8. The summed E-state index contributed by atoms with van der Waals surface area (Å²) in [6.45, 7) is 24.2. The highest BCUT2D eigenvalue weighted by atomic mass is 19.1. The topological polar surface area (TPSA) is 131 Å². The lowest BCUT2D eigenvalue weighted by Gasteiger charge is -2.42. The zero-order valence-corrected chi connectivity index (χ0v) is 40.7. The molecule has 0 aliphatic carbocycles. The Morgan fingerprint density at radius 1 is 0.716 bits per heavy atom. The average Bonchev–Trinajstić information content (AvgIpc) is 4.02. The quantitative estimate of drug-likeness (QED) is 0.146. The van der Waals surface area contributed by atoms with Crippen molar-refractivity contribution in [2.24, 2.45) is 0 Å². The highest BCUT2D eigenvalue weighted by molar-refractivity contribution is 6.62. The summed E-state index contributed by atoms with van der Waals surface area (Å²) in [5, 5.41) is 8.94. The summed E-state index contributed by atoms with van der Waals surface area (Å²) < 4.78 is 47.9. The summed E-state index contributed by atoms with van der Waals surface area (Å²) in [6, 6.07) is 14.1. The average molecular weight is 924 g/mol. The number of hydrogen-bond donors (Lipinski definition) is 0. The maximum absolute atomic E-state index is 15.6. The standard InChI is InChI=1S/C29H38FN5O3.C20H29BN4O4/c1-5-38-28(36)34-16-14-33(15-17-34)26-8-11-31-35-20-22(18-27(26)35)24-7-6-23(19-25(24)30)29(37-4)9-12-32(13-10-29)21(2)3;1-6-27-18(26)24-11-9-23(10-12-24)16-7-8-22-25-14-15(13-17(16)25)21-28-19(2,3)20(4,5)29-21/h6-8,11,18-21H,5,9-10,12-17H2,1-4H3;7-8,13-14H,6,9-12H2,1-5H3. The third-order valence-electron chi connectivity index (χ3n) is 14.3. The van der Waals surface area contributed by atoms with E-state index in [4.69, 9.17) is 23.5 Å². The van der Waals surface area contributed by atoms with Crippen molar-refractivity contribution in [3.05, 3.63) is 78.6 Å². The Morgan fingerprint density at radius 3 is 1.70 bits per heavy atom. The fraction of sp³-hybridized carbons (Fsp3) is 0.551. The molecule has 0 saturated carbocycles. The summed E-state index contributed by atoms with van der Waals surface area (Å²) >= 11 is 0. The zero-order valence-electron chi connectivity index (χ0n) is 40.7. The van der Waals surface area contributed by atoms with Gasteiger partial charge in [0, 0.05) is 120 Å². The van der Waals surface area contributed by atoms with E-state index < -0.39 is 12.7 Å². The van der Waals surface area contributed by atoms with Crippen molar-refractivity contribution in [1.82, 2.24) is 33.9 Å². The van der Waals surface area contributed by atoms with Crippen LogP contribution in [0.3, 0.4) is 0 Å². The number of nitrogens with zero attached hydrogens (tertiary/aromatic N) is 9. The summed E-state index contributed by atoms with van der Waals surface area (Å²) in [5.41, 5.74) is 5.96. The first kappa shape index (κ1) is 48.0. The Kier molecular flexibility index (Phi) is 14.1. The van der Waals surface area contributed by atoms with E-state index in [0.29, 0.717) is 64.1 Å². The molecule has 8 heterocycles. The molecule has 0 radical (unpaired) electrons. The lowest BCUT2D eigenvalue weighted by Crippen LogP contribution is -2.49. The Morgan fingerprint density at radius 2 is 1.22 bits per heavy atom. The predicted octanol–water partition coefficient (Wildman–Crippen LogP) is 6.68. The van der Waals surface area contributed by atoms with Crippen LogP contribution in [0.4, 0.5) is 25.4 Å². The minimum Gasteiger partial charge on any atom is -0.450 e. The first-order valence-corrected chi connectivity index (χ1v) is 23.8. The number of amides is 2. The molecule has 4 aromatic heterocycles. The molecule has 4 fully saturated rings. The number of fused-ring (bicyclic) bond motifs is 2. The van der Waals surface area contributed by atoms with Gasteiger partial charge in [-0.2, -0.15) is 10.2 Å². The van der Waals surface area contributed by atoms with Crippen LogP contribution in [0.1, 0.15) is 73.8 Å². The van der Waals surface area contributed by atoms with Crippen LogP contribution in [0, 0.1) is 5.82 Å². The second kappa shape index (κ2) is 19.7. The second-order valence-electron chi connectivity index (χ2n) is 19.1. The fourth-order valence-corrected chi connectivity index (χ4v) is 9.54. The van der Waals surface area contributed by atoms with Crippen LogP contribution < -0.4 is 15.3 Å². The second-order valence-corrected chi connectivity index (χ2v) is 19.1. The van der Waals surface area contributed by atoms with Gasteiger partial charge in [0.05, 0.1) is 52.4 Å². The molecular weight excluding hydrogens is 856 g/mol. The maximum atomic E-state index is 15.6. The number of benzene rings is 1. The van der Waals surface area contributed by atoms with E-state index in [9.17, 15) is 9.59 Å². The lowest BCUT2D eigenvalue weighted by atomic mass is 9.81. The summed E-state index contributed by atoms with van der Waals surface area (Å²) in [4.78, 5) is 34.5. The fourth-order valence-electron chi connectivity index (χ4n) is 9.54. The molecule has 0 spiro atoms. The first-order chi connectivity index (χ1) is 32.1. The smallest absolute Gasteiger partial charge is 0.450 e. The molecule has 1 aromatic carbocycles. The minimum atomic E-state index is -0.462. The number of rotatable bonds is 9. The van der Waals surface area contributed by atoms with Crippen LogP contribution in [0.5, 0.6) is 0 Å². The monoisotopic (exact) mass is 924 g/mol. The Bertz CT molecular complexity index is 2510. The predicted molar refractivity (Wildman–Crippen MR) is 258 cm³/mol. The van der Waals surface area contributed by atoms with Gasteiger partial charge in [-0.3, -0.25) is 0 Å². The molecule has 67 heavy (non-hydrogen) atoms. The van der Waals surface area contributed by atoms with E-state index in [1.165, 1.54) is 0 Å². The van der Waals surface area contributed by atoms with E-state index >= 15 is 4.39 Å². The number of aromatic nitrogens is 4. The molecule has 4 aliphatic heterocycles. The highest BCUT2D eigenvalue weighted by Crippen LogP contribution is 2.40. The lowest BCUT2D eigenvalue weighted by molar-refractivity contribution is -0.0671. The molecule has 4 saturated heterocycles. The summed E-state index contributed by atoms with van der Waals surface area (Å²) in [7, 11) is 1.31. The van der Waals surface area contributed by atoms with Crippen LogP contribution in [0.2, 0.25) is 0 Å². The molecule has 2 amide bonds. The number of likely N-dealkylation sites (tertiary alicyclic amines) is 1. The zero-order chi connectivity index (χ0) is 47.7. The number of hydrogen-bond acceptors (Lipinski definition) is 12. The summed E-state index contributed by atoms with van der Waals surface area (Å²) in [6.07, 6.45) is 8.58. The summed E-state index contributed by atoms with van der Waals surface area (Å²) in [5.74, 6) is -0.259. The van der Waals surface area contributed by atoms with Gasteiger partial charge in [-0.15, -0.1) is 0 Å². The molecule has 0 unspecified atom stereocenters. The number of piperazine rings is 2. The van der Waals surface area contributed by atoms with E-state index in [0.717, 1.165) is 78.0 Å².